The second-order valence-electron chi connectivity index (χ2n) is 3.86. The number of halogens is 1. The summed E-state index contributed by atoms with van der Waals surface area (Å²) in [5.41, 5.74) is 0.893. The molecule has 0 radical (unpaired) electrons. The highest BCUT2D eigenvalue weighted by Crippen LogP contribution is 2.16. The Kier molecular flexibility index (Phi) is 3.94. The minimum absolute atomic E-state index is 0.187. The van der Waals surface area contributed by atoms with E-state index in [2.05, 4.69) is 4.98 Å². The van der Waals surface area contributed by atoms with Crippen molar-refractivity contribution in [1.82, 2.24) is 9.55 Å². The molecule has 0 N–H and O–H groups in total. The summed E-state index contributed by atoms with van der Waals surface area (Å²) in [6, 6.07) is 7.45. The summed E-state index contributed by atoms with van der Waals surface area (Å²) in [6.07, 6.45) is 6.17. The summed E-state index contributed by atoms with van der Waals surface area (Å²) in [5.74, 6) is 0.187. The molecular formula is C13H13ClN2O. The molecule has 0 saturated heterocycles. The Bertz CT molecular complexity index is 494. The van der Waals surface area contributed by atoms with Crippen molar-refractivity contribution >= 4 is 17.4 Å². The van der Waals surface area contributed by atoms with Crippen molar-refractivity contribution in [3.05, 3.63) is 53.6 Å². The van der Waals surface area contributed by atoms with Gasteiger partial charge in [-0.15, -0.1) is 0 Å². The number of aryl methyl sites for hydroxylation is 1. The first-order valence-corrected chi connectivity index (χ1v) is 5.84. The van der Waals surface area contributed by atoms with Crippen molar-refractivity contribution in [3.63, 3.8) is 0 Å². The summed E-state index contributed by atoms with van der Waals surface area (Å²) >= 11 is 6.00. The molecule has 1 aromatic carbocycles. The van der Waals surface area contributed by atoms with Gasteiger partial charge in [-0.25, -0.2) is 4.98 Å². The van der Waals surface area contributed by atoms with Crippen LogP contribution in [-0.2, 0) is 17.8 Å². The van der Waals surface area contributed by atoms with Gasteiger partial charge in [-0.05, 0) is 11.6 Å². The van der Waals surface area contributed by atoms with E-state index < -0.39 is 0 Å². The number of rotatable bonds is 5. The van der Waals surface area contributed by atoms with Gasteiger partial charge in [-0.2, -0.15) is 0 Å². The van der Waals surface area contributed by atoms with E-state index in [1.165, 1.54) is 0 Å². The van der Waals surface area contributed by atoms with Crippen LogP contribution in [-0.4, -0.2) is 15.3 Å². The second-order valence-corrected chi connectivity index (χ2v) is 4.26. The predicted molar refractivity (Wildman–Crippen MR) is 67.0 cm³/mol. The molecule has 17 heavy (non-hydrogen) atoms. The number of hydrogen-bond acceptors (Lipinski definition) is 2. The predicted octanol–water partition coefficient (Wildman–Crippen LogP) is 2.74. The van der Waals surface area contributed by atoms with E-state index in [1.807, 2.05) is 29.0 Å². The molecule has 0 saturated carbocycles. The van der Waals surface area contributed by atoms with E-state index in [9.17, 15) is 4.79 Å². The normalized spacial score (nSPS) is 10.4. The van der Waals surface area contributed by atoms with Gasteiger partial charge in [0.2, 0.25) is 0 Å². The summed E-state index contributed by atoms with van der Waals surface area (Å²) in [4.78, 5) is 15.7. The van der Waals surface area contributed by atoms with Crippen LogP contribution < -0.4 is 0 Å². The van der Waals surface area contributed by atoms with Gasteiger partial charge in [0.05, 0.1) is 6.33 Å². The van der Waals surface area contributed by atoms with E-state index in [4.69, 9.17) is 11.6 Å². The van der Waals surface area contributed by atoms with Crippen LogP contribution in [0.3, 0.4) is 0 Å². The van der Waals surface area contributed by atoms with Crippen LogP contribution in [0.1, 0.15) is 12.0 Å². The molecule has 88 valence electrons. The van der Waals surface area contributed by atoms with Crippen LogP contribution in [0.25, 0.3) is 0 Å². The maximum Gasteiger partial charge on any atom is 0.139 e. The van der Waals surface area contributed by atoms with Gasteiger partial charge in [-0.1, -0.05) is 29.8 Å². The highest BCUT2D eigenvalue weighted by Gasteiger charge is 2.06. The third kappa shape index (κ3) is 3.43. The lowest BCUT2D eigenvalue weighted by molar-refractivity contribution is -0.118. The molecule has 0 bridgehead atoms. The lowest BCUT2D eigenvalue weighted by Crippen LogP contribution is -2.07. The molecule has 2 rings (SSSR count). The van der Waals surface area contributed by atoms with Gasteiger partial charge < -0.3 is 4.57 Å². The summed E-state index contributed by atoms with van der Waals surface area (Å²) in [5, 5.41) is 0.656. The fraction of sp³-hybridized carbons (Fsp3) is 0.231. The molecule has 0 aliphatic heterocycles. The molecule has 3 nitrogen and oxygen atoms in total. The minimum atomic E-state index is 0.187. The van der Waals surface area contributed by atoms with E-state index in [-0.39, 0.29) is 5.78 Å². The molecule has 0 spiro atoms. The number of aromatic nitrogens is 2. The number of carbonyl (C=O) groups excluding carboxylic acids is 1. The minimum Gasteiger partial charge on any atom is -0.337 e. The quantitative estimate of drug-likeness (QED) is 0.816. The fourth-order valence-electron chi connectivity index (χ4n) is 1.62. The number of Topliss-reactive ketones (excluding diaryl/α,β-unsaturated/α-hetero) is 1. The summed E-state index contributed by atoms with van der Waals surface area (Å²) < 4.78 is 1.89. The van der Waals surface area contributed by atoms with Crippen molar-refractivity contribution in [1.29, 1.82) is 0 Å². The average molecular weight is 249 g/mol. The molecule has 0 unspecified atom stereocenters. The van der Waals surface area contributed by atoms with E-state index in [0.717, 1.165) is 5.56 Å². The highest BCUT2D eigenvalue weighted by atomic mass is 35.5. The zero-order valence-corrected chi connectivity index (χ0v) is 10.1. The molecule has 0 atom stereocenters. The van der Waals surface area contributed by atoms with Crippen LogP contribution in [0.4, 0.5) is 0 Å². The molecule has 0 aliphatic carbocycles. The Morgan fingerprint density at radius 1 is 1.35 bits per heavy atom. The molecule has 1 heterocycles. The molecule has 0 aliphatic rings. The van der Waals surface area contributed by atoms with E-state index in [1.54, 1.807) is 18.6 Å². The standard InChI is InChI=1S/C13H13ClN2O/c14-13-4-2-1-3-11(13)9-12(17)5-7-16-8-6-15-10-16/h1-4,6,8,10H,5,7,9H2. The molecule has 0 fully saturated rings. The maximum atomic E-state index is 11.8. The highest BCUT2D eigenvalue weighted by molar-refractivity contribution is 6.31. The molecule has 2 aromatic rings. The Labute approximate surface area is 105 Å². The SMILES string of the molecule is O=C(CCn1ccnc1)Cc1ccccc1Cl. The Morgan fingerprint density at radius 3 is 2.88 bits per heavy atom. The largest absolute Gasteiger partial charge is 0.337 e. The van der Waals surface area contributed by atoms with E-state index >= 15 is 0 Å². The van der Waals surface area contributed by atoms with Gasteiger partial charge in [-0.3, -0.25) is 4.79 Å². The van der Waals surface area contributed by atoms with Crippen LogP contribution in [0.15, 0.2) is 43.0 Å². The summed E-state index contributed by atoms with van der Waals surface area (Å²) in [7, 11) is 0. The average Bonchev–Trinajstić information content (AvgIpc) is 2.82. The number of benzene rings is 1. The Hall–Kier alpha value is -1.61. The first kappa shape index (κ1) is 11.9. The Morgan fingerprint density at radius 2 is 2.18 bits per heavy atom. The number of imidazole rings is 1. The van der Waals surface area contributed by atoms with Gasteiger partial charge in [0.1, 0.15) is 5.78 Å². The molecular weight excluding hydrogens is 236 g/mol. The van der Waals surface area contributed by atoms with Crippen LogP contribution >= 0.6 is 11.6 Å². The third-order valence-corrected chi connectivity index (χ3v) is 2.92. The van der Waals surface area contributed by atoms with Crippen LogP contribution in [0.2, 0.25) is 5.02 Å². The maximum absolute atomic E-state index is 11.8. The molecule has 0 amide bonds. The first-order chi connectivity index (χ1) is 8.25. The van der Waals surface area contributed by atoms with Gasteiger partial charge in [0.25, 0.3) is 0 Å². The first-order valence-electron chi connectivity index (χ1n) is 5.46. The lowest BCUT2D eigenvalue weighted by atomic mass is 10.1. The number of nitrogens with zero attached hydrogens (tertiary/aromatic N) is 2. The topological polar surface area (TPSA) is 34.9 Å². The molecule has 1 aromatic heterocycles. The van der Waals surface area contributed by atoms with Crippen molar-refractivity contribution in [2.45, 2.75) is 19.4 Å². The van der Waals surface area contributed by atoms with Gasteiger partial charge in [0, 0.05) is 36.8 Å². The summed E-state index contributed by atoms with van der Waals surface area (Å²) in [6.45, 7) is 0.670. The lowest BCUT2D eigenvalue weighted by Gasteiger charge is -2.04. The monoisotopic (exact) mass is 248 g/mol. The zero-order chi connectivity index (χ0) is 12.1. The third-order valence-electron chi connectivity index (χ3n) is 2.55. The van der Waals surface area contributed by atoms with Crippen LogP contribution in [0, 0.1) is 0 Å². The van der Waals surface area contributed by atoms with Crippen molar-refractivity contribution in [3.8, 4) is 0 Å². The second kappa shape index (κ2) is 5.64. The Balaban J connectivity index is 1.87. The van der Waals surface area contributed by atoms with Crippen LogP contribution in [0.5, 0.6) is 0 Å². The number of carbonyl (C=O) groups is 1. The smallest absolute Gasteiger partial charge is 0.139 e. The number of ketones is 1. The van der Waals surface area contributed by atoms with Crippen molar-refractivity contribution < 1.29 is 4.79 Å². The van der Waals surface area contributed by atoms with E-state index in [0.29, 0.717) is 24.4 Å². The van der Waals surface area contributed by atoms with Crippen molar-refractivity contribution in [2.24, 2.45) is 0 Å². The molecule has 4 heteroatoms. The van der Waals surface area contributed by atoms with Gasteiger partial charge in [0.15, 0.2) is 0 Å². The fourth-order valence-corrected chi connectivity index (χ4v) is 1.82. The van der Waals surface area contributed by atoms with Crippen molar-refractivity contribution in [2.75, 3.05) is 0 Å². The zero-order valence-electron chi connectivity index (χ0n) is 9.34. The van der Waals surface area contributed by atoms with Gasteiger partial charge >= 0.3 is 0 Å². The number of hydrogen-bond donors (Lipinski definition) is 0.